The summed E-state index contributed by atoms with van der Waals surface area (Å²) in [6, 6.07) is 6.86. The van der Waals surface area contributed by atoms with Gasteiger partial charge in [-0.3, -0.25) is 18.7 Å². The number of carbonyl (C=O) groups is 1. The molecule has 3 rings (SSSR count). The Hall–Kier alpha value is -3.42. The van der Waals surface area contributed by atoms with Crippen molar-refractivity contribution in [3.63, 3.8) is 0 Å². The van der Waals surface area contributed by atoms with Gasteiger partial charge in [-0.25, -0.2) is 9.78 Å². The van der Waals surface area contributed by atoms with Crippen molar-refractivity contribution in [3.05, 3.63) is 62.4 Å². The van der Waals surface area contributed by atoms with Crippen molar-refractivity contribution in [1.29, 1.82) is 0 Å². The first-order valence-corrected chi connectivity index (χ1v) is 8.45. The number of hydrogen-bond acceptors (Lipinski definition) is 5. The molecule has 8 nitrogen and oxygen atoms in total. The molecule has 0 bridgehead atoms. The highest BCUT2D eigenvalue weighted by Crippen LogP contribution is 2.24. The second-order valence-electron chi connectivity index (χ2n) is 6.10. The molecule has 0 fully saturated rings. The zero-order valence-corrected chi connectivity index (χ0v) is 15.6. The van der Waals surface area contributed by atoms with Crippen LogP contribution in [0.3, 0.4) is 0 Å². The molecule has 2 aromatic heterocycles. The Bertz CT molecular complexity index is 1160. The lowest BCUT2D eigenvalue weighted by molar-refractivity contribution is 0.102. The Morgan fingerprint density at radius 2 is 1.89 bits per heavy atom. The van der Waals surface area contributed by atoms with Gasteiger partial charge in [0, 0.05) is 20.3 Å². The third-order valence-electron chi connectivity index (χ3n) is 4.33. The highest BCUT2D eigenvalue weighted by molar-refractivity contribution is 6.10. The second-order valence-corrected chi connectivity index (χ2v) is 6.10. The molecule has 0 aliphatic carbocycles. The van der Waals surface area contributed by atoms with Crippen LogP contribution in [0.25, 0.3) is 11.0 Å². The molecule has 0 aliphatic heterocycles. The zero-order valence-electron chi connectivity index (χ0n) is 15.6. The average molecular weight is 368 g/mol. The summed E-state index contributed by atoms with van der Waals surface area (Å²) in [5.74, 6) is 0.0411. The Morgan fingerprint density at radius 1 is 1.19 bits per heavy atom. The fourth-order valence-electron chi connectivity index (χ4n) is 2.90. The first-order valence-electron chi connectivity index (χ1n) is 8.45. The van der Waals surface area contributed by atoms with Crippen molar-refractivity contribution >= 4 is 22.6 Å². The van der Waals surface area contributed by atoms with E-state index in [-0.39, 0.29) is 11.0 Å². The second kappa shape index (κ2) is 7.06. The van der Waals surface area contributed by atoms with Crippen molar-refractivity contribution in [3.8, 4) is 5.75 Å². The maximum absolute atomic E-state index is 12.9. The fraction of sp³-hybridized carbons (Fsp3) is 0.263. The first-order chi connectivity index (χ1) is 12.9. The van der Waals surface area contributed by atoms with Crippen LogP contribution < -0.4 is 21.3 Å². The van der Waals surface area contributed by atoms with E-state index in [4.69, 9.17) is 4.74 Å². The molecule has 2 heterocycles. The maximum atomic E-state index is 12.9. The number of ether oxygens (including phenoxy) is 1. The lowest BCUT2D eigenvalue weighted by atomic mass is 10.1. The molecule has 0 saturated heterocycles. The summed E-state index contributed by atoms with van der Waals surface area (Å²) >= 11 is 0. The lowest BCUT2D eigenvalue weighted by Gasteiger charge is -2.15. The van der Waals surface area contributed by atoms with Gasteiger partial charge in [-0.2, -0.15) is 0 Å². The standard InChI is InChI=1S/C19H20N4O4/c1-5-27-13-9-7-6-8-12(13)17(24)21-15-11(2)10-20-16-14(15)18(25)23(4)19(26)22(16)3/h6-10H,5H2,1-4H3,(H,20,21,24). The summed E-state index contributed by atoms with van der Waals surface area (Å²) in [5.41, 5.74) is 0.501. The number of aryl methyl sites for hydroxylation is 2. The van der Waals surface area contributed by atoms with Crippen molar-refractivity contribution < 1.29 is 9.53 Å². The zero-order chi connectivity index (χ0) is 19.7. The molecule has 0 aliphatic rings. The molecule has 1 amide bonds. The number of nitrogens with one attached hydrogen (secondary N) is 1. The smallest absolute Gasteiger partial charge is 0.332 e. The quantitative estimate of drug-likeness (QED) is 0.755. The van der Waals surface area contributed by atoms with E-state index in [1.165, 1.54) is 24.9 Å². The van der Waals surface area contributed by atoms with Gasteiger partial charge in [-0.1, -0.05) is 12.1 Å². The van der Waals surface area contributed by atoms with Crippen LogP contribution in [-0.2, 0) is 14.1 Å². The number of hydrogen-bond donors (Lipinski definition) is 1. The monoisotopic (exact) mass is 368 g/mol. The third kappa shape index (κ3) is 3.10. The van der Waals surface area contributed by atoms with E-state index < -0.39 is 17.2 Å². The van der Waals surface area contributed by atoms with Crippen molar-refractivity contribution in [2.24, 2.45) is 14.1 Å². The van der Waals surface area contributed by atoms with Crippen LogP contribution in [0.4, 0.5) is 5.69 Å². The Kier molecular flexibility index (Phi) is 4.81. The van der Waals surface area contributed by atoms with E-state index in [1.54, 1.807) is 31.2 Å². The Balaban J connectivity index is 2.19. The lowest BCUT2D eigenvalue weighted by Crippen LogP contribution is -2.37. The molecule has 3 aromatic rings. The van der Waals surface area contributed by atoms with Gasteiger partial charge in [0.2, 0.25) is 0 Å². The number of carbonyl (C=O) groups excluding carboxylic acids is 1. The van der Waals surface area contributed by atoms with Crippen LogP contribution in [0.15, 0.2) is 40.1 Å². The predicted molar refractivity (Wildman–Crippen MR) is 103 cm³/mol. The minimum Gasteiger partial charge on any atom is -0.493 e. The van der Waals surface area contributed by atoms with Crippen LogP contribution in [0.2, 0.25) is 0 Å². The van der Waals surface area contributed by atoms with Crippen LogP contribution in [-0.4, -0.2) is 26.6 Å². The van der Waals surface area contributed by atoms with Crippen molar-refractivity contribution in [2.75, 3.05) is 11.9 Å². The van der Waals surface area contributed by atoms with Crippen LogP contribution in [0, 0.1) is 6.92 Å². The number of benzene rings is 1. The van der Waals surface area contributed by atoms with E-state index in [2.05, 4.69) is 10.3 Å². The Morgan fingerprint density at radius 3 is 2.59 bits per heavy atom. The van der Waals surface area contributed by atoms with Gasteiger partial charge in [0.1, 0.15) is 11.1 Å². The third-order valence-corrected chi connectivity index (χ3v) is 4.33. The number of pyridine rings is 1. The minimum absolute atomic E-state index is 0.182. The normalized spacial score (nSPS) is 10.8. The molecule has 140 valence electrons. The molecule has 8 heteroatoms. The van der Waals surface area contributed by atoms with Crippen LogP contribution in [0.5, 0.6) is 5.75 Å². The van der Waals surface area contributed by atoms with Crippen LogP contribution >= 0.6 is 0 Å². The number of aromatic nitrogens is 3. The summed E-state index contributed by atoms with van der Waals surface area (Å²) in [6.07, 6.45) is 1.52. The predicted octanol–water partition coefficient (Wildman–Crippen LogP) is 1.59. The highest BCUT2D eigenvalue weighted by Gasteiger charge is 2.19. The van der Waals surface area contributed by atoms with Gasteiger partial charge in [0.05, 0.1) is 17.9 Å². The summed E-state index contributed by atoms with van der Waals surface area (Å²) < 4.78 is 7.78. The molecule has 0 saturated carbocycles. The number of para-hydroxylation sites is 1. The molecule has 0 radical (unpaired) electrons. The van der Waals surface area contributed by atoms with E-state index in [9.17, 15) is 14.4 Å². The van der Waals surface area contributed by atoms with Gasteiger partial charge in [-0.15, -0.1) is 0 Å². The maximum Gasteiger partial charge on any atom is 0.332 e. The number of anilines is 1. The summed E-state index contributed by atoms with van der Waals surface area (Å²) in [4.78, 5) is 41.9. The van der Waals surface area contributed by atoms with Crippen molar-refractivity contribution in [2.45, 2.75) is 13.8 Å². The van der Waals surface area contributed by atoms with Crippen molar-refractivity contribution in [1.82, 2.24) is 14.1 Å². The van der Waals surface area contributed by atoms with Gasteiger partial charge in [0.25, 0.3) is 11.5 Å². The van der Waals surface area contributed by atoms with E-state index >= 15 is 0 Å². The minimum atomic E-state index is -0.516. The highest BCUT2D eigenvalue weighted by atomic mass is 16.5. The van der Waals surface area contributed by atoms with E-state index in [0.717, 1.165) is 4.57 Å². The van der Waals surface area contributed by atoms with Gasteiger partial charge in [0.15, 0.2) is 5.65 Å². The average Bonchev–Trinajstić information content (AvgIpc) is 2.66. The summed E-state index contributed by atoms with van der Waals surface area (Å²) in [6.45, 7) is 3.99. The van der Waals surface area contributed by atoms with E-state index in [1.807, 2.05) is 6.92 Å². The van der Waals surface area contributed by atoms with Crippen LogP contribution in [0.1, 0.15) is 22.8 Å². The largest absolute Gasteiger partial charge is 0.493 e. The summed E-state index contributed by atoms with van der Waals surface area (Å²) in [5, 5.41) is 2.98. The molecule has 0 atom stereocenters. The molecular weight excluding hydrogens is 348 g/mol. The fourth-order valence-corrected chi connectivity index (χ4v) is 2.90. The van der Waals surface area contributed by atoms with Gasteiger partial charge in [-0.05, 0) is 31.5 Å². The topological polar surface area (TPSA) is 95.2 Å². The molecule has 1 N–H and O–H groups in total. The number of fused-ring (bicyclic) bond motifs is 1. The molecule has 1 aromatic carbocycles. The van der Waals surface area contributed by atoms with E-state index in [0.29, 0.717) is 29.2 Å². The number of rotatable bonds is 4. The molecule has 0 spiro atoms. The molecule has 27 heavy (non-hydrogen) atoms. The number of nitrogens with zero attached hydrogens (tertiary/aromatic N) is 3. The Labute approximate surface area is 155 Å². The first kappa shape index (κ1) is 18.4. The molecular formula is C19H20N4O4. The SMILES string of the molecule is CCOc1ccccc1C(=O)Nc1c(C)cnc2c1c(=O)n(C)c(=O)n2C. The van der Waals surface area contributed by atoms with Gasteiger partial charge < -0.3 is 10.1 Å². The van der Waals surface area contributed by atoms with Gasteiger partial charge >= 0.3 is 5.69 Å². The number of amides is 1. The molecule has 0 unspecified atom stereocenters. The summed E-state index contributed by atoms with van der Waals surface area (Å²) in [7, 11) is 2.92.